The van der Waals surface area contributed by atoms with Crippen LogP contribution in [0, 0.1) is 11.8 Å². The highest BCUT2D eigenvalue weighted by atomic mass is 35.5. The molecule has 2 aliphatic carbocycles. The largest absolute Gasteiger partial charge is 0.490 e. The molecule has 0 radical (unpaired) electrons. The van der Waals surface area contributed by atoms with E-state index in [0.29, 0.717) is 44.7 Å². The van der Waals surface area contributed by atoms with Crippen LogP contribution < -0.4 is 14.4 Å². The maximum atomic E-state index is 13.4. The van der Waals surface area contributed by atoms with Gasteiger partial charge in [0.25, 0.3) is 11.8 Å². The second-order valence-electron chi connectivity index (χ2n) is 14.3. The lowest BCUT2D eigenvalue weighted by Gasteiger charge is -2.46. The number of rotatable bonds is 4. The fourth-order valence-electron chi connectivity index (χ4n) is 7.89. The summed E-state index contributed by atoms with van der Waals surface area (Å²) in [5.74, 6) is 0.413. The summed E-state index contributed by atoms with van der Waals surface area (Å²) in [7, 11) is -0.431. The molecular formula is C37H48ClN3O6S. The summed E-state index contributed by atoms with van der Waals surface area (Å²) in [6, 6.07) is 11.4. The van der Waals surface area contributed by atoms with Crippen LogP contribution in [0.2, 0.25) is 5.02 Å². The molecule has 9 nitrogen and oxygen atoms in total. The molecular weight excluding hydrogens is 650 g/mol. The maximum Gasteiger partial charge on any atom is 0.264 e. The van der Waals surface area contributed by atoms with Gasteiger partial charge in [0.1, 0.15) is 11.9 Å². The van der Waals surface area contributed by atoms with Gasteiger partial charge in [0, 0.05) is 43.2 Å². The van der Waals surface area contributed by atoms with Crippen molar-refractivity contribution in [3.63, 3.8) is 0 Å². The standard InChI is InChI=1S/C37H48ClN3O6S/c1-5-32(36(43)40(3)4)47-33-11-7-6-9-24(2)48(44,45)39-35(42)26-13-17-34-31(20-26)41(21-27-12-15-29(27)33)22-37(23-46-34)18-8-10-25-19-28(38)14-16-30(25)37/h7,11,13-14,16-17,19-20,24,27,29,32-33H,5-6,8-10,12,15,18,21-23H2,1-4H3,(H,39,42)/b11-7+/t24-,27+,29-,32-,33+,37+/m1/s1. The van der Waals surface area contributed by atoms with E-state index in [1.54, 1.807) is 44.1 Å². The molecule has 0 aromatic heterocycles. The summed E-state index contributed by atoms with van der Waals surface area (Å²) < 4.78 is 42.0. The van der Waals surface area contributed by atoms with Crippen molar-refractivity contribution in [2.75, 3.05) is 38.7 Å². The van der Waals surface area contributed by atoms with Gasteiger partial charge < -0.3 is 19.3 Å². The molecule has 2 aromatic carbocycles. The number of amides is 2. The molecule has 2 heterocycles. The highest BCUT2D eigenvalue weighted by molar-refractivity contribution is 7.90. The molecule has 6 rings (SSSR count). The molecule has 0 unspecified atom stereocenters. The first kappa shape index (κ1) is 34.8. The maximum absolute atomic E-state index is 13.4. The van der Waals surface area contributed by atoms with Gasteiger partial charge in [-0.3, -0.25) is 9.59 Å². The van der Waals surface area contributed by atoms with Crippen molar-refractivity contribution in [2.24, 2.45) is 11.8 Å². The fourth-order valence-corrected chi connectivity index (χ4v) is 9.11. The number of fused-ring (bicyclic) bond motifs is 4. The molecule has 11 heteroatoms. The highest BCUT2D eigenvalue weighted by Crippen LogP contribution is 2.47. The number of likely N-dealkylation sites (N-methyl/N-ethyl adjacent to an activating group) is 1. The number of allylic oxidation sites excluding steroid dienone is 1. The molecule has 0 saturated heterocycles. The van der Waals surface area contributed by atoms with Crippen LogP contribution in [0.1, 0.15) is 80.3 Å². The summed E-state index contributed by atoms with van der Waals surface area (Å²) in [4.78, 5) is 30.4. The number of ether oxygens (including phenoxy) is 2. The van der Waals surface area contributed by atoms with Gasteiger partial charge in [-0.15, -0.1) is 0 Å². The van der Waals surface area contributed by atoms with E-state index in [2.05, 4.69) is 21.8 Å². The molecule has 2 amide bonds. The normalized spacial score (nSPS) is 29.6. The molecule has 1 fully saturated rings. The zero-order valence-electron chi connectivity index (χ0n) is 28.4. The van der Waals surface area contributed by atoms with Crippen LogP contribution in [0.25, 0.3) is 0 Å². The van der Waals surface area contributed by atoms with Crippen LogP contribution in [0.4, 0.5) is 5.69 Å². The number of benzene rings is 2. The first-order valence-corrected chi connectivity index (χ1v) is 19.2. The van der Waals surface area contributed by atoms with Gasteiger partial charge in [-0.05, 0) is 112 Å². The van der Waals surface area contributed by atoms with Gasteiger partial charge in [-0.1, -0.05) is 36.7 Å². The number of anilines is 1. The zero-order chi connectivity index (χ0) is 34.2. The van der Waals surface area contributed by atoms with E-state index in [-0.39, 0.29) is 34.8 Å². The van der Waals surface area contributed by atoms with E-state index < -0.39 is 27.3 Å². The number of carbonyl (C=O) groups excluding carboxylic acids is 2. The third-order valence-corrected chi connectivity index (χ3v) is 12.9. The van der Waals surface area contributed by atoms with Crippen molar-refractivity contribution in [1.29, 1.82) is 0 Å². The second kappa shape index (κ2) is 14.0. The number of sulfonamides is 1. The third-order valence-electron chi connectivity index (χ3n) is 10.9. The Morgan fingerprint density at radius 2 is 2.00 bits per heavy atom. The van der Waals surface area contributed by atoms with Crippen molar-refractivity contribution in [3.8, 4) is 5.75 Å². The van der Waals surface area contributed by atoms with E-state index in [0.717, 1.165) is 42.8 Å². The summed E-state index contributed by atoms with van der Waals surface area (Å²) >= 11 is 6.44. The Morgan fingerprint density at radius 3 is 2.73 bits per heavy atom. The van der Waals surface area contributed by atoms with Gasteiger partial charge >= 0.3 is 0 Å². The van der Waals surface area contributed by atoms with Gasteiger partial charge in [-0.2, -0.15) is 0 Å². The van der Waals surface area contributed by atoms with Crippen LogP contribution >= 0.6 is 11.6 Å². The Labute approximate surface area is 290 Å². The monoisotopic (exact) mass is 697 g/mol. The number of hydrogen-bond acceptors (Lipinski definition) is 7. The van der Waals surface area contributed by atoms with Gasteiger partial charge in [0.2, 0.25) is 10.0 Å². The molecule has 6 atom stereocenters. The Hall–Kier alpha value is -3.08. The molecule has 1 saturated carbocycles. The zero-order valence-corrected chi connectivity index (χ0v) is 30.0. The van der Waals surface area contributed by atoms with Crippen LogP contribution in [-0.4, -0.2) is 76.4 Å². The highest BCUT2D eigenvalue weighted by Gasteiger charge is 2.45. The second-order valence-corrected chi connectivity index (χ2v) is 16.8. The number of hydrogen-bond donors (Lipinski definition) is 1. The van der Waals surface area contributed by atoms with Gasteiger partial charge in [-0.25, -0.2) is 13.1 Å². The predicted molar refractivity (Wildman–Crippen MR) is 188 cm³/mol. The smallest absolute Gasteiger partial charge is 0.264 e. The van der Waals surface area contributed by atoms with Crippen molar-refractivity contribution in [3.05, 3.63) is 70.3 Å². The van der Waals surface area contributed by atoms with E-state index in [1.807, 2.05) is 25.1 Å². The van der Waals surface area contributed by atoms with E-state index in [9.17, 15) is 18.0 Å². The average molecular weight is 698 g/mol. The molecule has 4 aliphatic rings. The lowest BCUT2D eigenvalue weighted by atomic mass is 9.68. The molecule has 2 aliphatic heterocycles. The SMILES string of the molecule is CC[C@@H](O[C@H]1/C=C/CC[C@@H](C)S(=O)(=O)NC(=O)c2ccc3c(c2)N(C[C@@H]2CC[C@H]21)C[C@@]1(CCCc2cc(Cl)ccc21)CO3)C(=O)N(C)C. The first-order valence-electron chi connectivity index (χ1n) is 17.3. The van der Waals surface area contributed by atoms with Crippen molar-refractivity contribution in [2.45, 2.75) is 88.1 Å². The van der Waals surface area contributed by atoms with E-state index in [4.69, 9.17) is 21.1 Å². The third kappa shape index (κ3) is 6.98. The van der Waals surface area contributed by atoms with Gasteiger partial charge in [0.15, 0.2) is 0 Å². The van der Waals surface area contributed by atoms with E-state index >= 15 is 0 Å². The van der Waals surface area contributed by atoms with Crippen LogP contribution in [-0.2, 0) is 31.4 Å². The molecule has 260 valence electrons. The number of nitrogens with zero attached hydrogens (tertiary/aromatic N) is 2. The topological polar surface area (TPSA) is 105 Å². The Balaban J connectivity index is 1.41. The number of nitrogens with one attached hydrogen (secondary N) is 1. The van der Waals surface area contributed by atoms with E-state index in [1.165, 1.54) is 11.1 Å². The summed E-state index contributed by atoms with van der Waals surface area (Å²) in [6.45, 7) is 5.45. The molecule has 48 heavy (non-hydrogen) atoms. The number of aryl methyl sites for hydroxylation is 1. The average Bonchev–Trinajstić information content (AvgIpc) is 3.19. The van der Waals surface area contributed by atoms with Crippen molar-refractivity contribution in [1.82, 2.24) is 9.62 Å². The summed E-state index contributed by atoms with van der Waals surface area (Å²) in [6.07, 6.45) is 9.44. The Morgan fingerprint density at radius 1 is 1.19 bits per heavy atom. The van der Waals surface area contributed by atoms with Crippen LogP contribution in [0.5, 0.6) is 5.75 Å². The molecule has 2 aromatic rings. The Bertz CT molecular complexity index is 1680. The van der Waals surface area contributed by atoms with Gasteiger partial charge in [0.05, 0.1) is 23.6 Å². The summed E-state index contributed by atoms with van der Waals surface area (Å²) in [5, 5.41) is -0.0583. The minimum atomic E-state index is -3.92. The number of carbonyl (C=O) groups is 2. The molecule has 1 spiro atoms. The fraction of sp³-hybridized carbons (Fsp3) is 0.568. The van der Waals surface area contributed by atoms with Crippen LogP contribution in [0.15, 0.2) is 48.6 Å². The lowest BCUT2D eigenvalue weighted by molar-refractivity contribution is -0.148. The minimum absolute atomic E-state index is 0.0616. The number of halogens is 1. The molecule has 2 bridgehead atoms. The van der Waals surface area contributed by atoms with Crippen molar-refractivity contribution < 1.29 is 27.5 Å². The first-order chi connectivity index (χ1) is 22.9. The summed E-state index contributed by atoms with van der Waals surface area (Å²) in [5.41, 5.74) is 3.26. The quantitative estimate of drug-likeness (QED) is 0.398. The van der Waals surface area contributed by atoms with Crippen molar-refractivity contribution >= 4 is 39.1 Å². The Kier molecular flexibility index (Phi) is 10.2. The predicted octanol–water partition coefficient (Wildman–Crippen LogP) is 5.89. The van der Waals surface area contributed by atoms with Crippen LogP contribution in [0.3, 0.4) is 0 Å². The molecule has 1 N–H and O–H groups in total. The minimum Gasteiger partial charge on any atom is -0.490 e. The lowest BCUT2D eigenvalue weighted by Crippen LogP contribution is -2.50.